The Morgan fingerprint density at radius 3 is 2.47 bits per heavy atom. The number of carbonyl (C=O) groups is 1. The van der Waals surface area contributed by atoms with E-state index in [9.17, 15) is 4.79 Å². The molecule has 0 aromatic heterocycles. The molecule has 1 aliphatic rings. The van der Waals surface area contributed by atoms with Crippen LogP contribution in [0.3, 0.4) is 0 Å². The molecule has 0 radical (unpaired) electrons. The van der Waals surface area contributed by atoms with Crippen molar-refractivity contribution in [3.63, 3.8) is 0 Å². The Bertz CT molecular complexity index is 464. The number of nitrogens with two attached hydrogens (primary N) is 2. The third kappa shape index (κ3) is 3.00. The first-order chi connectivity index (χ1) is 8.99. The van der Waals surface area contributed by atoms with Gasteiger partial charge in [0.1, 0.15) is 0 Å². The minimum atomic E-state index is -0.410. The summed E-state index contributed by atoms with van der Waals surface area (Å²) < 4.78 is 0. The zero-order chi connectivity index (χ0) is 14.0. The van der Waals surface area contributed by atoms with Gasteiger partial charge in [-0.25, -0.2) is 0 Å². The Balaban J connectivity index is 2.20. The molecule has 0 saturated heterocycles. The lowest BCUT2D eigenvalue weighted by atomic mass is 9.86. The summed E-state index contributed by atoms with van der Waals surface area (Å²) in [6, 6.07) is 5.74. The van der Waals surface area contributed by atoms with Crippen LogP contribution in [-0.4, -0.2) is 19.0 Å². The maximum absolute atomic E-state index is 11.3. The van der Waals surface area contributed by atoms with E-state index in [1.54, 1.807) is 18.2 Å². The summed E-state index contributed by atoms with van der Waals surface area (Å²) in [5.41, 5.74) is 13.5. The number of rotatable bonds is 3. The second-order valence-electron chi connectivity index (χ2n) is 5.66. The molecular formula is C15H23N3O. The van der Waals surface area contributed by atoms with Gasteiger partial charge in [-0.05, 0) is 49.8 Å². The van der Waals surface area contributed by atoms with E-state index in [0.29, 0.717) is 17.3 Å². The van der Waals surface area contributed by atoms with Gasteiger partial charge in [0.25, 0.3) is 0 Å². The summed E-state index contributed by atoms with van der Waals surface area (Å²) in [4.78, 5) is 13.5. The lowest BCUT2D eigenvalue weighted by Crippen LogP contribution is -2.35. The molecule has 4 heteroatoms. The van der Waals surface area contributed by atoms with E-state index in [1.807, 2.05) is 0 Å². The van der Waals surface area contributed by atoms with Gasteiger partial charge >= 0.3 is 0 Å². The smallest absolute Gasteiger partial charge is 0.248 e. The molecule has 104 valence electrons. The highest BCUT2D eigenvalue weighted by Gasteiger charge is 2.23. The van der Waals surface area contributed by atoms with E-state index in [1.165, 1.54) is 25.7 Å². The van der Waals surface area contributed by atoms with E-state index in [-0.39, 0.29) is 0 Å². The van der Waals surface area contributed by atoms with Gasteiger partial charge < -0.3 is 16.4 Å². The number of nitrogens with zero attached hydrogens (tertiary/aromatic N) is 1. The lowest BCUT2D eigenvalue weighted by Gasteiger charge is -2.35. The van der Waals surface area contributed by atoms with E-state index >= 15 is 0 Å². The summed E-state index contributed by atoms with van der Waals surface area (Å²) >= 11 is 0. The number of benzene rings is 1. The van der Waals surface area contributed by atoms with Gasteiger partial charge in [-0.3, -0.25) is 4.79 Å². The zero-order valence-corrected chi connectivity index (χ0v) is 11.7. The molecular weight excluding hydrogens is 238 g/mol. The summed E-state index contributed by atoms with van der Waals surface area (Å²) in [5, 5.41) is 0. The predicted molar refractivity (Wildman–Crippen MR) is 79.2 cm³/mol. The summed E-state index contributed by atoms with van der Waals surface area (Å²) in [6.45, 7) is 2.30. The zero-order valence-electron chi connectivity index (χ0n) is 11.7. The average molecular weight is 261 g/mol. The summed E-state index contributed by atoms with van der Waals surface area (Å²) in [7, 11) is 2.05. The first-order valence-electron chi connectivity index (χ1n) is 6.91. The number of anilines is 2. The topological polar surface area (TPSA) is 72.3 Å². The molecule has 1 amide bonds. The molecule has 1 saturated carbocycles. The van der Waals surface area contributed by atoms with Crippen molar-refractivity contribution in [2.75, 3.05) is 17.7 Å². The Morgan fingerprint density at radius 1 is 1.26 bits per heavy atom. The summed E-state index contributed by atoms with van der Waals surface area (Å²) in [5.74, 6) is 0.408. The number of carbonyl (C=O) groups excluding carboxylic acids is 1. The van der Waals surface area contributed by atoms with Crippen LogP contribution in [-0.2, 0) is 0 Å². The Morgan fingerprint density at radius 2 is 1.89 bits per heavy atom. The van der Waals surface area contributed by atoms with Crippen LogP contribution >= 0.6 is 0 Å². The normalized spacial score (nSPS) is 23.1. The fourth-order valence-electron chi connectivity index (χ4n) is 2.83. The standard InChI is InChI=1S/C15H23N3O/c1-10-3-6-12(7-4-10)18(2)14-9-11(15(17)19)5-8-13(14)16/h5,8-10,12H,3-4,6-7,16H2,1-2H3,(H2,17,19). The number of nitrogen functional groups attached to an aromatic ring is 1. The first kappa shape index (κ1) is 13.7. The molecule has 0 atom stereocenters. The SMILES string of the molecule is CC1CCC(N(C)c2cc(C(N)=O)ccc2N)CC1. The molecule has 4 N–H and O–H groups in total. The van der Waals surface area contributed by atoms with Crippen molar-refractivity contribution < 1.29 is 4.79 Å². The van der Waals surface area contributed by atoms with Crippen LogP contribution < -0.4 is 16.4 Å². The maximum atomic E-state index is 11.3. The fraction of sp³-hybridized carbons (Fsp3) is 0.533. The average Bonchev–Trinajstić information content (AvgIpc) is 2.39. The minimum absolute atomic E-state index is 0.410. The minimum Gasteiger partial charge on any atom is -0.397 e. The Labute approximate surface area is 114 Å². The monoisotopic (exact) mass is 261 g/mol. The highest BCUT2D eigenvalue weighted by atomic mass is 16.1. The molecule has 2 rings (SSSR count). The third-order valence-corrected chi connectivity index (χ3v) is 4.23. The van der Waals surface area contributed by atoms with E-state index in [2.05, 4.69) is 18.9 Å². The molecule has 4 nitrogen and oxygen atoms in total. The number of amides is 1. The van der Waals surface area contributed by atoms with Crippen LogP contribution in [0.15, 0.2) is 18.2 Å². The molecule has 0 unspecified atom stereocenters. The van der Waals surface area contributed by atoms with Gasteiger partial charge in [-0.15, -0.1) is 0 Å². The molecule has 0 aliphatic heterocycles. The number of hydrogen-bond acceptors (Lipinski definition) is 3. The first-order valence-corrected chi connectivity index (χ1v) is 6.91. The second kappa shape index (κ2) is 5.51. The molecule has 1 aromatic rings. The lowest BCUT2D eigenvalue weighted by molar-refractivity contribution is 0.100. The molecule has 0 bridgehead atoms. The largest absolute Gasteiger partial charge is 0.397 e. The van der Waals surface area contributed by atoms with Crippen molar-refractivity contribution in [2.45, 2.75) is 38.6 Å². The molecule has 0 spiro atoms. The predicted octanol–water partition coefficient (Wildman–Crippen LogP) is 2.38. The van der Waals surface area contributed by atoms with Crippen molar-refractivity contribution in [2.24, 2.45) is 11.7 Å². The number of hydrogen-bond donors (Lipinski definition) is 2. The van der Waals surface area contributed by atoms with Crippen molar-refractivity contribution in [1.29, 1.82) is 0 Å². The summed E-state index contributed by atoms with van der Waals surface area (Å²) in [6.07, 6.45) is 4.87. The van der Waals surface area contributed by atoms with Crippen LogP contribution in [0.4, 0.5) is 11.4 Å². The molecule has 0 heterocycles. The van der Waals surface area contributed by atoms with E-state index in [4.69, 9.17) is 11.5 Å². The second-order valence-corrected chi connectivity index (χ2v) is 5.66. The van der Waals surface area contributed by atoms with Gasteiger partial charge in [-0.2, -0.15) is 0 Å². The highest BCUT2D eigenvalue weighted by molar-refractivity contribution is 5.95. The highest BCUT2D eigenvalue weighted by Crippen LogP contribution is 2.32. The van der Waals surface area contributed by atoms with Crippen molar-refractivity contribution >= 4 is 17.3 Å². The molecule has 1 aliphatic carbocycles. The number of primary amides is 1. The fourth-order valence-corrected chi connectivity index (χ4v) is 2.83. The van der Waals surface area contributed by atoms with Gasteiger partial charge in [-0.1, -0.05) is 6.92 Å². The molecule has 1 aromatic carbocycles. The van der Waals surface area contributed by atoms with Crippen molar-refractivity contribution in [3.8, 4) is 0 Å². The molecule has 1 fully saturated rings. The van der Waals surface area contributed by atoms with Gasteiger partial charge in [0.15, 0.2) is 0 Å². The Kier molecular flexibility index (Phi) is 3.98. The van der Waals surface area contributed by atoms with Crippen LogP contribution in [0.5, 0.6) is 0 Å². The van der Waals surface area contributed by atoms with Gasteiger partial charge in [0.05, 0.1) is 11.4 Å². The van der Waals surface area contributed by atoms with Crippen LogP contribution in [0, 0.1) is 5.92 Å². The third-order valence-electron chi connectivity index (χ3n) is 4.23. The van der Waals surface area contributed by atoms with Gasteiger partial charge in [0, 0.05) is 18.7 Å². The van der Waals surface area contributed by atoms with Crippen LogP contribution in [0.1, 0.15) is 43.0 Å². The van der Waals surface area contributed by atoms with E-state index in [0.717, 1.165) is 11.6 Å². The van der Waals surface area contributed by atoms with Crippen molar-refractivity contribution in [3.05, 3.63) is 23.8 Å². The van der Waals surface area contributed by atoms with Crippen LogP contribution in [0.25, 0.3) is 0 Å². The van der Waals surface area contributed by atoms with Crippen molar-refractivity contribution in [1.82, 2.24) is 0 Å². The van der Waals surface area contributed by atoms with Gasteiger partial charge in [0.2, 0.25) is 5.91 Å². The molecule has 19 heavy (non-hydrogen) atoms. The maximum Gasteiger partial charge on any atom is 0.248 e. The van der Waals surface area contributed by atoms with E-state index < -0.39 is 5.91 Å². The Hall–Kier alpha value is -1.71. The van der Waals surface area contributed by atoms with Crippen LogP contribution in [0.2, 0.25) is 0 Å². The quantitative estimate of drug-likeness (QED) is 0.820.